The number of hydrogen-bond donors (Lipinski definition) is 1. The number of nitrogens with zero attached hydrogens (tertiary/aromatic N) is 3. The summed E-state index contributed by atoms with van der Waals surface area (Å²) in [7, 11) is 3.41. The predicted molar refractivity (Wildman–Crippen MR) is 139 cm³/mol. The largest absolute Gasteiger partial charge is 0.497 e. The molecule has 0 aliphatic carbocycles. The molecule has 35 heavy (non-hydrogen) atoms. The van der Waals surface area contributed by atoms with E-state index in [1.807, 2.05) is 60.1 Å². The zero-order valence-corrected chi connectivity index (χ0v) is 20.1. The fourth-order valence-corrected chi connectivity index (χ4v) is 4.38. The molecular formula is C28H26N4O3. The number of fused-ring (bicyclic) bond motifs is 3. The van der Waals surface area contributed by atoms with E-state index in [1.165, 1.54) is 10.2 Å². The number of ether oxygens (including phenoxy) is 1. The number of hydrogen-bond acceptors (Lipinski definition) is 4. The molecule has 2 heterocycles. The average Bonchev–Trinajstić information content (AvgIpc) is 3.18. The second-order valence-corrected chi connectivity index (χ2v) is 8.79. The third-order valence-corrected chi connectivity index (χ3v) is 6.31. The second-order valence-electron chi connectivity index (χ2n) is 8.79. The standard InChI is InChI=1S/C28H26N4O3/c1-17(2)18-9-11-19(12-10-18)29-27(33)25-24-22-7-5-6-8-23(22)31(3)26(24)28(34)32(30-25)20-13-15-21(35-4)16-14-20/h5-17H,1-4H3,(H,29,33). The van der Waals surface area contributed by atoms with Crippen molar-refractivity contribution in [1.82, 2.24) is 14.3 Å². The number of methoxy groups -OCH3 is 1. The number of para-hydroxylation sites is 1. The molecule has 0 saturated heterocycles. The van der Waals surface area contributed by atoms with Crippen molar-refractivity contribution in [2.24, 2.45) is 7.05 Å². The minimum Gasteiger partial charge on any atom is -0.497 e. The lowest BCUT2D eigenvalue weighted by Gasteiger charge is -2.12. The molecule has 0 aliphatic heterocycles. The van der Waals surface area contributed by atoms with Crippen molar-refractivity contribution in [2.75, 3.05) is 12.4 Å². The highest BCUT2D eigenvalue weighted by molar-refractivity contribution is 6.19. The van der Waals surface area contributed by atoms with Crippen molar-refractivity contribution in [3.8, 4) is 11.4 Å². The first-order valence-corrected chi connectivity index (χ1v) is 11.4. The Bertz CT molecular complexity index is 1610. The van der Waals surface area contributed by atoms with E-state index >= 15 is 0 Å². The third kappa shape index (κ3) is 3.85. The van der Waals surface area contributed by atoms with E-state index < -0.39 is 0 Å². The Kier molecular flexibility index (Phi) is 5.61. The maximum absolute atomic E-state index is 13.6. The summed E-state index contributed by atoms with van der Waals surface area (Å²) in [5.41, 5.74) is 3.53. The molecule has 5 rings (SSSR count). The summed E-state index contributed by atoms with van der Waals surface area (Å²) in [4.78, 5) is 27.2. The van der Waals surface area contributed by atoms with E-state index in [-0.39, 0.29) is 17.2 Å². The van der Waals surface area contributed by atoms with Crippen LogP contribution in [0.4, 0.5) is 5.69 Å². The van der Waals surface area contributed by atoms with Crippen LogP contribution in [0.25, 0.3) is 27.5 Å². The van der Waals surface area contributed by atoms with Gasteiger partial charge in [-0.25, -0.2) is 0 Å². The van der Waals surface area contributed by atoms with Crippen molar-refractivity contribution >= 4 is 33.4 Å². The van der Waals surface area contributed by atoms with Gasteiger partial charge in [0.05, 0.1) is 12.8 Å². The van der Waals surface area contributed by atoms with Crippen molar-refractivity contribution < 1.29 is 9.53 Å². The highest BCUT2D eigenvalue weighted by Gasteiger charge is 2.23. The van der Waals surface area contributed by atoms with Gasteiger partial charge in [-0.3, -0.25) is 9.59 Å². The van der Waals surface area contributed by atoms with E-state index in [0.717, 1.165) is 10.9 Å². The lowest BCUT2D eigenvalue weighted by Crippen LogP contribution is -2.27. The Morgan fingerprint density at radius 1 is 0.971 bits per heavy atom. The quantitative estimate of drug-likeness (QED) is 0.383. The van der Waals surface area contributed by atoms with Gasteiger partial charge in [0, 0.05) is 29.0 Å². The van der Waals surface area contributed by atoms with Crippen LogP contribution in [0.5, 0.6) is 5.75 Å². The molecule has 7 heteroatoms. The van der Waals surface area contributed by atoms with Gasteiger partial charge < -0.3 is 14.6 Å². The lowest BCUT2D eigenvalue weighted by molar-refractivity contribution is 0.102. The Morgan fingerprint density at radius 2 is 1.66 bits per heavy atom. The summed E-state index contributed by atoms with van der Waals surface area (Å²) >= 11 is 0. The van der Waals surface area contributed by atoms with Gasteiger partial charge in [0.15, 0.2) is 5.69 Å². The van der Waals surface area contributed by atoms with E-state index in [9.17, 15) is 9.59 Å². The molecule has 1 amide bonds. The third-order valence-electron chi connectivity index (χ3n) is 6.31. The smallest absolute Gasteiger partial charge is 0.296 e. The zero-order chi connectivity index (χ0) is 24.7. The molecule has 7 nitrogen and oxygen atoms in total. The van der Waals surface area contributed by atoms with Crippen LogP contribution in [-0.2, 0) is 7.05 Å². The van der Waals surface area contributed by atoms with Crippen LogP contribution in [0.1, 0.15) is 35.8 Å². The number of anilines is 1. The summed E-state index contributed by atoms with van der Waals surface area (Å²) in [6.45, 7) is 4.24. The van der Waals surface area contributed by atoms with Crippen LogP contribution in [0, 0.1) is 0 Å². The molecule has 0 bridgehead atoms. The molecule has 0 atom stereocenters. The van der Waals surface area contributed by atoms with Gasteiger partial charge in [-0.15, -0.1) is 0 Å². The van der Waals surface area contributed by atoms with E-state index in [1.54, 1.807) is 31.4 Å². The molecule has 1 N–H and O–H groups in total. The number of benzene rings is 3. The van der Waals surface area contributed by atoms with Gasteiger partial charge in [0.1, 0.15) is 11.3 Å². The molecule has 3 aromatic carbocycles. The Hall–Kier alpha value is -4.39. The monoisotopic (exact) mass is 466 g/mol. The SMILES string of the molecule is COc1ccc(-n2nc(C(=O)Nc3ccc(C(C)C)cc3)c3c4ccccc4n(C)c3c2=O)cc1. The lowest BCUT2D eigenvalue weighted by atomic mass is 10.0. The molecule has 0 aliphatic rings. The van der Waals surface area contributed by atoms with Gasteiger partial charge >= 0.3 is 0 Å². The minimum absolute atomic E-state index is 0.181. The summed E-state index contributed by atoms with van der Waals surface area (Å²) in [5.74, 6) is 0.672. The number of carbonyl (C=O) groups excluding carboxylic acids is 1. The number of amides is 1. The van der Waals surface area contributed by atoms with Crippen LogP contribution in [0.15, 0.2) is 77.6 Å². The Morgan fingerprint density at radius 3 is 2.31 bits per heavy atom. The predicted octanol–water partition coefficient (Wildman–Crippen LogP) is 5.26. The van der Waals surface area contributed by atoms with Gasteiger partial charge in [-0.05, 0) is 53.9 Å². The number of aryl methyl sites for hydroxylation is 1. The number of nitrogens with one attached hydrogen (secondary N) is 1. The summed E-state index contributed by atoms with van der Waals surface area (Å²) in [5, 5.41) is 8.87. The maximum Gasteiger partial charge on any atom is 0.296 e. The molecule has 2 aromatic heterocycles. The molecule has 0 saturated carbocycles. The van der Waals surface area contributed by atoms with Crippen LogP contribution < -0.4 is 15.6 Å². The van der Waals surface area contributed by atoms with Crippen LogP contribution in [0.3, 0.4) is 0 Å². The first-order valence-electron chi connectivity index (χ1n) is 11.4. The minimum atomic E-state index is -0.383. The Labute approximate surface area is 202 Å². The molecule has 176 valence electrons. The van der Waals surface area contributed by atoms with Crippen LogP contribution in [0.2, 0.25) is 0 Å². The summed E-state index contributed by atoms with van der Waals surface area (Å²) in [6, 6.07) is 22.4. The van der Waals surface area contributed by atoms with Crippen molar-refractivity contribution in [2.45, 2.75) is 19.8 Å². The average molecular weight is 467 g/mol. The first kappa shape index (κ1) is 22.4. The fourth-order valence-electron chi connectivity index (χ4n) is 4.38. The van der Waals surface area contributed by atoms with Gasteiger partial charge in [0.2, 0.25) is 0 Å². The first-order chi connectivity index (χ1) is 16.9. The highest BCUT2D eigenvalue weighted by atomic mass is 16.5. The topological polar surface area (TPSA) is 78.2 Å². The Balaban J connectivity index is 1.71. The molecule has 0 fully saturated rings. The van der Waals surface area contributed by atoms with Gasteiger partial charge in [-0.1, -0.05) is 44.2 Å². The van der Waals surface area contributed by atoms with Crippen LogP contribution in [-0.4, -0.2) is 27.4 Å². The molecule has 0 radical (unpaired) electrons. The van der Waals surface area contributed by atoms with Crippen molar-refractivity contribution in [3.05, 3.63) is 94.4 Å². The number of rotatable bonds is 5. The molecular weight excluding hydrogens is 440 g/mol. The van der Waals surface area contributed by atoms with E-state index in [2.05, 4.69) is 24.3 Å². The molecule has 0 spiro atoms. The fraction of sp³-hybridized carbons (Fsp3) is 0.179. The molecule has 0 unspecified atom stereocenters. The van der Waals surface area contributed by atoms with Crippen LogP contribution >= 0.6 is 0 Å². The van der Waals surface area contributed by atoms with Gasteiger partial charge in [0.25, 0.3) is 11.5 Å². The normalized spacial score (nSPS) is 11.3. The second kappa shape index (κ2) is 8.76. The highest BCUT2D eigenvalue weighted by Crippen LogP contribution is 2.29. The zero-order valence-electron chi connectivity index (χ0n) is 20.1. The maximum atomic E-state index is 13.6. The van der Waals surface area contributed by atoms with E-state index in [0.29, 0.717) is 33.9 Å². The van der Waals surface area contributed by atoms with Gasteiger partial charge in [-0.2, -0.15) is 9.78 Å². The summed E-state index contributed by atoms with van der Waals surface area (Å²) in [6.07, 6.45) is 0. The summed E-state index contributed by atoms with van der Waals surface area (Å²) < 4.78 is 8.34. The number of carbonyl (C=O) groups is 1. The van der Waals surface area contributed by atoms with Crippen molar-refractivity contribution in [1.29, 1.82) is 0 Å². The number of aromatic nitrogens is 3. The van der Waals surface area contributed by atoms with Crippen molar-refractivity contribution in [3.63, 3.8) is 0 Å². The molecule has 5 aromatic rings. The van der Waals surface area contributed by atoms with E-state index in [4.69, 9.17) is 4.74 Å².